The first kappa shape index (κ1) is 21.4. The highest BCUT2D eigenvalue weighted by Crippen LogP contribution is 2.39. The molecule has 1 unspecified atom stereocenters. The predicted octanol–water partition coefficient (Wildman–Crippen LogP) is 6.57. The Hall–Kier alpha value is -3.48. The number of allylic oxidation sites excluding steroid dienone is 1. The van der Waals surface area contributed by atoms with Crippen LogP contribution in [0, 0.1) is 6.92 Å². The molecule has 164 valence electrons. The van der Waals surface area contributed by atoms with Crippen molar-refractivity contribution in [1.82, 2.24) is 15.5 Å². The van der Waals surface area contributed by atoms with Gasteiger partial charge in [-0.25, -0.2) is 0 Å². The van der Waals surface area contributed by atoms with Gasteiger partial charge >= 0.3 is 0 Å². The first-order chi connectivity index (χ1) is 16.0. The van der Waals surface area contributed by atoms with Gasteiger partial charge in [0.05, 0.1) is 11.6 Å². The van der Waals surface area contributed by atoms with Crippen molar-refractivity contribution in [3.63, 3.8) is 0 Å². The summed E-state index contributed by atoms with van der Waals surface area (Å²) in [5.41, 5.74) is 5.86. The highest BCUT2D eigenvalue weighted by molar-refractivity contribution is 7.80. The molecule has 1 atom stereocenters. The number of nitrogens with zero attached hydrogens (tertiary/aromatic N) is 3. The van der Waals surface area contributed by atoms with E-state index in [2.05, 4.69) is 41.7 Å². The van der Waals surface area contributed by atoms with E-state index in [1.165, 1.54) is 5.56 Å². The van der Waals surface area contributed by atoms with Crippen LogP contribution in [-0.2, 0) is 0 Å². The van der Waals surface area contributed by atoms with Crippen molar-refractivity contribution in [3.8, 4) is 11.4 Å². The van der Waals surface area contributed by atoms with Gasteiger partial charge in [-0.2, -0.15) is 4.98 Å². The Balaban J connectivity index is 1.64. The van der Waals surface area contributed by atoms with Crippen LogP contribution in [0.4, 0.5) is 5.69 Å². The Kier molecular flexibility index (Phi) is 5.70. The Bertz CT molecular complexity index is 1330. The molecule has 1 aromatic heterocycles. The zero-order valence-electron chi connectivity index (χ0n) is 18.1. The molecular weight excluding hydrogens is 452 g/mol. The molecule has 5 nitrogen and oxygen atoms in total. The third-order valence-electron chi connectivity index (χ3n) is 5.67. The summed E-state index contributed by atoms with van der Waals surface area (Å²) >= 11 is 11.8. The van der Waals surface area contributed by atoms with Gasteiger partial charge in [0.1, 0.15) is 0 Å². The summed E-state index contributed by atoms with van der Waals surface area (Å²) in [4.78, 5) is 6.74. The smallest absolute Gasteiger partial charge is 0.258 e. The van der Waals surface area contributed by atoms with Gasteiger partial charge in [0.2, 0.25) is 5.82 Å². The van der Waals surface area contributed by atoms with E-state index in [0.29, 0.717) is 21.9 Å². The van der Waals surface area contributed by atoms with E-state index in [1.807, 2.05) is 66.4 Å². The molecule has 1 aliphatic rings. The molecule has 0 saturated heterocycles. The van der Waals surface area contributed by atoms with Gasteiger partial charge in [-0.15, -0.1) is 0 Å². The third kappa shape index (κ3) is 4.15. The molecule has 7 heteroatoms. The van der Waals surface area contributed by atoms with Gasteiger partial charge in [-0.05, 0) is 68.0 Å². The number of hydrogen-bond donors (Lipinski definition) is 1. The molecule has 0 bridgehead atoms. The number of thiocarbonyl (C=S) groups is 1. The van der Waals surface area contributed by atoms with Crippen LogP contribution < -0.4 is 10.2 Å². The quantitative estimate of drug-likeness (QED) is 0.339. The number of benzene rings is 3. The van der Waals surface area contributed by atoms with E-state index in [9.17, 15) is 0 Å². The number of anilines is 1. The van der Waals surface area contributed by atoms with Crippen molar-refractivity contribution in [2.75, 3.05) is 4.90 Å². The average molecular weight is 473 g/mol. The Morgan fingerprint density at radius 1 is 0.939 bits per heavy atom. The predicted molar refractivity (Wildman–Crippen MR) is 136 cm³/mol. The molecule has 0 aliphatic carbocycles. The third-order valence-corrected chi connectivity index (χ3v) is 6.22. The van der Waals surface area contributed by atoms with Crippen LogP contribution in [0.25, 0.3) is 17.0 Å². The monoisotopic (exact) mass is 472 g/mol. The lowest BCUT2D eigenvalue weighted by Gasteiger charge is -2.37. The fourth-order valence-electron chi connectivity index (χ4n) is 3.97. The van der Waals surface area contributed by atoms with Crippen LogP contribution in [0.5, 0.6) is 0 Å². The van der Waals surface area contributed by atoms with Crippen molar-refractivity contribution in [2.45, 2.75) is 19.9 Å². The maximum atomic E-state index is 6.03. The molecule has 4 aromatic rings. The standard InChI is InChI=1S/C26H21ClN4OS/c1-16-8-10-18(11-9-16)23-22(17(2)31(26(33)28-23)21-6-4-3-5-7-21)25-29-24(30-32-25)19-12-14-20(27)15-13-19/h3-15,23H,1-2H3,(H,28,33). The van der Waals surface area contributed by atoms with E-state index in [0.717, 1.165) is 28.1 Å². The van der Waals surface area contributed by atoms with E-state index in [-0.39, 0.29) is 6.04 Å². The lowest BCUT2D eigenvalue weighted by atomic mass is 9.94. The van der Waals surface area contributed by atoms with Gasteiger partial charge < -0.3 is 9.84 Å². The van der Waals surface area contributed by atoms with Crippen LogP contribution in [0.3, 0.4) is 0 Å². The zero-order valence-corrected chi connectivity index (χ0v) is 19.7. The molecular formula is C26H21ClN4OS. The summed E-state index contributed by atoms with van der Waals surface area (Å²) in [6, 6.07) is 25.5. The van der Waals surface area contributed by atoms with Gasteiger partial charge in [-0.3, -0.25) is 4.90 Å². The number of aryl methyl sites for hydroxylation is 1. The average Bonchev–Trinajstić information content (AvgIpc) is 3.30. The van der Waals surface area contributed by atoms with Crippen LogP contribution >= 0.6 is 23.8 Å². The minimum Gasteiger partial charge on any atom is -0.351 e. The van der Waals surface area contributed by atoms with E-state index in [4.69, 9.17) is 33.3 Å². The summed E-state index contributed by atoms with van der Waals surface area (Å²) in [6.45, 7) is 4.10. The molecule has 0 amide bonds. The van der Waals surface area contributed by atoms with Crippen molar-refractivity contribution in [1.29, 1.82) is 0 Å². The number of rotatable bonds is 4. The van der Waals surface area contributed by atoms with Crippen molar-refractivity contribution in [3.05, 3.63) is 107 Å². The lowest BCUT2D eigenvalue weighted by Crippen LogP contribution is -2.46. The van der Waals surface area contributed by atoms with Crippen LogP contribution in [0.1, 0.15) is 30.0 Å². The number of para-hydroxylation sites is 1. The largest absolute Gasteiger partial charge is 0.351 e. The maximum Gasteiger partial charge on any atom is 0.258 e. The van der Waals surface area contributed by atoms with Crippen LogP contribution in [-0.4, -0.2) is 15.3 Å². The fourth-order valence-corrected chi connectivity index (χ4v) is 4.45. The highest BCUT2D eigenvalue weighted by Gasteiger charge is 2.34. The lowest BCUT2D eigenvalue weighted by molar-refractivity contribution is 0.404. The second kappa shape index (κ2) is 8.81. The topological polar surface area (TPSA) is 54.2 Å². The number of halogens is 1. The van der Waals surface area contributed by atoms with Crippen LogP contribution in [0.2, 0.25) is 5.02 Å². The Labute approximate surface area is 202 Å². The van der Waals surface area contributed by atoms with Crippen molar-refractivity contribution < 1.29 is 4.52 Å². The summed E-state index contributed by atoms with van der Waals surface area (Å²) in [5.74, 6) is 0.947. The molecule has 1 N–H and O–H groups in total. The molecule has 0 fully saturated rings. The molecule has 1 aliphatic heterocycles. The Morgan fingerprint density at radius 2 is 1.64 bits per heavy atom. The first-order valence-electron chi connectivity index (χ1n) is 10.5. The van der Waals surface area contributed by atoms with Crippen LogP contribution in [0.15, 0.2) is 89.1 Å². The van der Waals surface area contributed by atoms with Crippen molar-refractivity contribution >= 4 is 40.2 Å². The van der Waals surface area contributed by atoms with Gasteiger partial charge in [0, 0.05) is 22.0 Å². The minimum atomic E-state index is -0.225. The highest BCUT2D eigenvalue weighted by atomic mass is 35.5. The van der Waals surface area contributed by atoms with E-state index in [1.54, 1.807) is 0 Å². The summed E-state index contributed by atoms with van der Waals surface area (Å²) in [7, 11) is 0. The maximum absolute atomic E-state index is 6.03. The molecule has 0 saturated carbocycles. The van der Waals surface area contributed by atoms with E-state index < -0.39 is 0 Å². The van der Waals surface area contributed by atoms with Gasteiger partial charge in [-0.1, -0.05) is 64.8 Å². The second-order valence-corrected chi connectivity index (χ2v) is 8.72. The molecule has 0 spiro atoms. The molecule has 5 rings (SSSR count). The normalized spacial score (nSPS) is 16.2. The molecule has 3 aromatic carbocycles. The molecule has 33 heavy (non-hydrogen) atoms. The van der Waals surface area contributed by atoms with Gasteiger partial charge in [0.25, 0.3) is 5.89 Å². The summed E-state index contributed by atoms with van der Waals surface area (Å²) in [6.07, 6.45) is 0. The summed E-state index contributed by atoms with van der Waals surface area (Å²) < 4.78 is 5.79. The number of hydrogen-bond acceptors (Lipinski definition) is 4. The second-order valence-electron chi connectivity index (χ2n) is 7.89. The molecule has 0 radical (unpaired) electrons. The zero-order chi connectivity index (χ0) is 22.9. The fraction of sp³-hybridized carbons (Fsp3) is 0.115. The van der Waals surface area contributed by atoms with Crippen molar-refractivity contribution in [2.24, 2.45) is 0 Å². The Morgan fingerprint density at radius 3 is 2.33 bits per heavy atom. The van der Waals surface area contributed by atoms with Gasteiger partial charge in [0.15, 0.2) is 5.11 Å². The minimum absolute atomic E-state index is 0.225. The summed E-state index contributed by atoms with van der Waals surface area (Å²) in [5, 5.41) is 9.01. The SMILES string of the molecule is CC1=C(c2nc(-c3ccc(Cl)cc3)no2)C(c2ccc(C)cc2)NC(=S)N1c1ccccc1. The molecule has 2 heterocycles. The first-order valence-corrected chi connectivity index (χ1v) is 11.3. The van der Waals surface area contributed by atoms with E-state index >= 15 is 0 Å². The number of aromatic nitrogens is 2. The number of nitrogens with one attached hydrogen (secondary N) is 1.